The minimum atomic E-state index is 0.0119. The van der Waals surface area contributed by atoms with Gasteiger partial charge in [-0.05, 0) is 48.8 Å². The van der Waals surface area contributed by atoms with Gasteiger partial charge in [-0.25, -0.2) is 0 Å². The quantitative estimate of drug-likeness (QED) is 0.479. The molecule has 1 atom stereocenters. The maximum atomic E-state index is 12.7. The summed E-state index contributed by atoms with van der Waals surface area (Å²) < 4.78 is 5.53. The molecule has 1 saturated heterocycles. The fourth-order valence-electron chi connectivity index (χ4n) is 4.45. The van der Waals surface area contributed by atoms with E-state index >= 15 is 0 Å². The molecule has 1 amide bonds. The lowest BCUT2D eigenvalue weighted by Gasteiger charge is -2.30. The molecule has 1 aliphatic heterocycles. The molecule has 0 bridgehead atoms. The summed E-state index contributed by atoms with van der Waals surface area (Å²) in [5, 5.41) is 7.31. The lowest BCUT2D eigenvalue weighted by Crippen LogP contribution is -2.43. The Hall–Kier alpha value is -2.99. The summed E-state index contributed by atoms with van der Waals surface area (Å²) in [6, 6.07) is 18.7. The van der Waals surface area contributed by atoms with Gasteiger partial charge >= 0.3 is 0 Å². The first-order valence-corrected chi connectivity index (χ1v) is 12.4. The normalized spacial score (nSPS) is 17.0. The summed E-state index contributed by atoms with van der Waals surface area (Å²) in [5.41, 5.74) is 3.65. The van der Waals surface area contributed by atoms with Gasteiger partial charge in [-0.15, -0.1) is 0 Å². The van der Waals surface area contributed by atoms with Crippen LogP contribution in [0.4, 0.5) is 0 Å². The van der Waals surface area contributed by atoms with Crippen LogP contribution in [0.15, 0.2) is 59.1 Å². The molecule has 1 aliphatic rings. The van der Waals surface area contributed by atoms with Crippen molar-refractivity contribution in [2.75, 3.05) is 19.6 Å². The van der Waals surface area contributed by atoms with Crippen LogP contribution in [-0.4, -0.2) is 40.6 Å². The van der Waals surface area contributed by atoms with Crippen molar-refractivity contribution in [3.05, 3.63) is 71.6 Å². The van der Waals surface area contributed by atoms with Crippen LogP contribution in [0.5, 0.6) is 0 Å². The molecule has 34 heavy (non-hydrogen) atoms. The van der Waals surface area contributed by atoms with Crippen molar-refractivity contribution in [2.24, 2.45) is 5.92 Å². The van der Waals surface area contributed by atoms with Gasteiger partial charge < -0.3 is 9.84 Å². The van der Waals surface area contributed by atoms with E-state index < -0.39 is 0 Å². The van der Waals surface area contributed by atoms with Crippen LogP contribution in [0.1, 0.15) is 57.1 Å². The number of amides is 1. The van der Waals surface area contributed by atoms with Crippen molar-refractivity contribution in [2.45, 2.75) is 58.4 Å². The third-order valence-corrected chi connectivity index (χ3v) is 6.50. The number of carbonyl (C=O) groups is 1. The number of piperidine rings is 1. The minimum Gasteiger partial charge on any atom is -0.356 e. The van der Waals surface area contributed by atoms with E-state index in [-0.39, 0.29) is 17.2 Å². The summed E-state index contributed by atoms with van der Waals surface area (Å²) in [6.07, 6.45) is 3.86. The van der Waals surface area contributed by atoms with Gasteiger partial charge in [0.15, 0.2) is 0 Å². The highest BCUT2D eigenvalue weighted by Crippen LogP contribution is 2.25. The Morgan fingerprint density at radius 1 is 1.12 bits per heavy atom. The lowest BCUT2D eigenvalue weighted by atomic mass is 9.87. The molecule has 0 aliphatic carbocycles. The molecule has 2 aromatic carbocycles. The summed E-state index contributed by atoms with van der Waals surface area (Å²) in [4.78, 5) is 19.6. The Bertz CT molecular complexity index is 1050. The van der Waals surface area contributed by atoms with E-state index in [0.717, 1.165) is 44.3 Å². The Kier molecular flexibility index (Phi) is 7.78. The SMILES string of the molecule is CC(C)(C)c1ccc(-c2noc(CN3CCCC(C(=O)NCCCc4ccccc4)C3)n2)cc1. The first kappa shape index (κ1) is 24.1. The summed E-state index contributed by atoms with van der Waals surface area (Å²) in [5.74, 6) is 1.37. The number of benzene rings is 2. The Morgan fingerprint density at radius 3 is 2.62 bits per heavy atom. The van der Waals surface area contributed by atoms with E-state index in [1.165, 1.54) is 11.1 Å². The number of rotatable bonds is 8. The van der Waals surface area contributed by atoms with Crippen molar-refractivity contribution in [1.82, 2.24) is 20.4 Å². The van der Waals surface area contributed by atoms with Crippen molar-refractivity contribution in [3.63, 3.8) is 0 Å². The average molecular weight is 461 g/mol. The second kappa shape index (κ2) is 11.0. The van der Waals surface area contributed by atoms with E-state index in [2.05, 4.69) is 77.5 Å². The molecule has 1 unspecified atom stereocenters. The molecule has 1 aromatic heterocycles. The first-order chi connectivity index (χ1) is 16.4. The third kappa shape index (κ3) is 6.54. The van der Waals surface area contributed by atoms with Gasteiger partial charge in [0.25, 0.3) is 0 Å². The highest BCUT2D eigenvalue weighted by Gasteiger charge is 2.26. The van der Waals surface area contributed by atoms with Crippen LogP contribution < -0.4 is 5.32 Å². The number of nitrogens with one attached hydrogen (secondary N) is 1. The second-order valence-corrected chi connectivity index (χ2v) is 10.3. The Balaban J connectivity index is 1.25. The third-order valence-electron chi connectivity index (χ3n) is 6.50. The molecule has 2 heterocycles. The van der Waals surface area contributed by atoms with E-state index in [4.69, 9.17) is 4.52 Å². The fraction of sp³-hybridized carbons (Fsp3) is 0.464. The van der Waals surface area contributed by atoms with Crippen molar-refractivity contribution in [3.8, 4) is 11.4 Å². The van der Waals surface area contributed by atoms with Crippen molar-refractivity contribution in [1.29, 1.82) is 0 Å². The van der Waals surface area contributed by atoms with Crippen LogP contribution >= 0.6 is 0 Å². The molecule has 4 rings (SSSR count). The lowest BCUT2D eigenvalue weighted by molar-refractivity contribution is -0.126. The molecule has 3 aromatic rings. The zero-order chi connectivity index (χ0) is 24.0. The monoisotopic (exact) mass is 460 g/mol. The molecule has 0 saturated carbocycles. The number of likely N-dealkylation sites (tertiary alicyclic amines) is 1. The van der Waals surface area contributed by atoms with Gasteiger partial charge in [-0.3, -0.25) is 9.69 Å². The second-order valence-electron chi connectivity index (χ2n) is 10.3. The molecule has 6 heteroatoms. The number of hydrogen-bond acceptors (Lipinski definition) is 5. The fourth-order valence-corrected chi connectivity index (χ4v) is 4.45. The zero-order valence-corrected chi connectivity index (χ0v) is 20.6. The molecule has 6 nitrogen and oxygen atoms in total. The molecule has 0 radical (unpaired) electrons. The summed E-state index contributed by atoms with van der Waals surface area (Å²) in [6.45, 7) is 9.55. The Labute approximate surface area is 202 Å². The number of hydrogen-bond donors (Lipinski definition) is 1. The van der Waals surface area contributed by atoms with Crippen LogP contribution in [0.2, 0.25) is 0 Å². The van der Waals surface area contributed by atoms with Crippen molar-refractivity contribution < 1.29 is 9.32 Å². The van der Waals surface area contributed by atoms with E-state index in [9.17, 15) is 4.79 Å². The van der Waals surface area contributed by atoms with Gasteiger partial charge in [-0.1, -0.05) is 80.5 Å². The van der Waals surface area contributed by atoms with E-state index in [0.29, 0.717) is 24.8 Å². The number of nitrogens with zero attached hydrogens (tertiary/aromatic N) is 3. The highest BCUT2D eigenvalue weighted by atomic mass is 16.5. The zero-order valence-electron chi connectivity index (χ0n) is 20.6. The van der Waals surface area contributed by atoms with Crippen LogP contribution in [0.25, 0.3) is 11.4 Å². The first-order valence-electron chi connectivity index (χ1n) is 12.4. The molecule has 180 valence electrons. The Morgan fingerprint density at radius 2 is 1.88 bits per heavy atom. The number of aryl methyl sites for hydroxylation is 1. The molecule has 1 fully saturated rings. The van der Waals surface area contributed by atoms with Crippen LogP contribution in [0, 0.1) is 5.92 Å². The summed E-state index contributed by atoms with van der Waals surface area (Å²) >= 11 is 0. The molecule has 0 spiro atoms. The van der Waals surface area contributed by atoms with Gasteiger partial charge in [0.1, 0.15) is 0 Å². The number of aromatic nitrogens is 2. The van der Waals surface area contributed by atoms with Gasteiger partial charge in [0.2, 0.25) is 17.6 Å². The van der Waals surface area contributed by atoms with Crippen LogP contribution in [-0.2, 0) is 23.2 Å². The van der Waals surface area contributed by atoms with Crippen molar-refractivity contribution >= 4 is 5.91 Å². The molecular weight excluding hydrogens is 424 g/mol. The highest BCUT2D eigenvalue weighted by molar-refractivity contribution is 5.78. The standard InChI is InChI=1S/C28H36N4O2/c1-28(2,3)24-15-13-22(14-16-24)26-30-25(34-31-26)20-32-18-8-12-23(19-32)27(33)29-17-7-11-21-9-5-4-6-10-21/h4-6,9-10,13-16,23H,7-8,11-12,17-20H2,1-3H3,(H,29,33). The average Bonchev–Trinajstić information content (AvgIpc) is 3.30. The smallest absolute Gasteiger partial charge is 0.241 e. The maximum absolute atomic E-state index is 12.7. The number of carbonyl (C=O) groups excluding carboxylic acids is 1. The topological polar surface area (TPSA) is 71.3 Å². The van der Waals surface area contributed by atoms with Crippen LogP contribution in [0.3, 0.4) is 0 Å². The minimum absolute atomic E-state index is 0.0119. The van der Waals surface area contributed by atoms with E-state index in [1.807, 2.05) is 18.2 Å². The van der Waals surface area contributed by atoms with E-state index in [1.54, 1.807) is 0 Å². The van der Waals surface area contributed by atoms with Gasteiger partial charge in [0.05, 0.1) is 12.5 Å². The van der Waals surface area contributed by atoms with Gasteiger partial charge in [0, 0.05) is 18.7 Å². The predicted octanol–water partition coefficient (Wildman–Crippen LogP) is 5.00. The summed E-state index contributed by atoms with van der Waals surface area (Å²) in [7, 11) is 0. The molecule has 1 N–H and O–H groups in total. The maximum Gasteiger partial charge on any atom is 0.241 e. The predicted molar refractivity (Wildman–Crippen MR) is 134 cm³/mol. The molecular formula is C28H36N4O2. The largest absolute Gasteiger partial charge is 0.356 e. The van der Waals surface area contributed by atoms with Gasteiger partial charge in [-0.2, -0.15) is 4.98 Å².